The van der Waals surface area contributed by atoms with Gasteiger partial charge in [0, 0.05) is 28.2 Å². The van der Waals surface area contributed by atoms with Crippen LogP contribution in [-0.2, 0) is 6.54 Å². The van der Waals surface area contributed by atoms with Gasteiger partial charge < -0.3 is 4.57 Å². The zero-order valence-electron chi connectivity index (χ0n) is 10.2. The van der Waals surface area contributed by atoms with Crippen LogP contribution in [0.4, 0.5) is 0 Å². The summed E-state index contributed by atoms with van der Waals surface area (Å²) in [7, 11) is 0. The molecule has 0 N–H and O–H groups in total. The first-order chi connectivity index (χ1) is 10.0. The summed E-state index contributed by atoms with van der Waals surface area (Å²) in [4.78, 5) is 0. The second-order valence-electron chi connectivity index (χ2n) is 3.93. The van der Waals surface area contributed by atoms with Gasteiger partial charge in [0.05, 0.1) is 32.9 Å². The van der Waals surface area contributed by atoms with Gasteiger partial charge in [-0.1, -0.05) is 58.4 Å². The molecule has 1 aromatic carbocycles. The van der Waals surface area contributed by atoms with Gasteiger partial charge in [-0.3, -0.25) is 0 Å². The molecule has 0 fully saturated rings. The first kappa shape index (κ1) is 16.8. The van der Waals surface area contributed by atoms with Gasteiger partial charge in [-0.15, -0.1) is 0 Å². The van der Waals surface area contributed by atoms with Crippen molar-refractivity contribution in [2.45, 2.75) is 6.54 Å². The molecular formula is C14H5Cl4IN2. The van der Waals surface area contributed by atoms with Crippen LogP contribution in [0.25, 0.3) is 11.3 Å². The molecule has 21 heavy (non-hydrogen) atoms. The van der Waals surface area contributed by atoms with Crippen LogP contribution in [0.3, 0.4) is 0 Å². The molecule has 0 aliphatic carbocycles. The standard InChI is InChI=1S/C14H5Cl4IN2/c15-10-3-2-8(6-11(10)16)13-9(7-20)12(17)14(18)21(13)5-1-4-19/h2-3,6H,5H2. The molecule has 0 saturated carbocycles. The lowest BCUT2D eigenvalue weighted by molar-refractivity contribution is 0.860. The van der Waals surface area contributed by atoms with Crippen LogP contribution in [0.1, 0.15) is 5.56 Å². The summed E-state index contributed by atoms with van der Waals surface area (Å²) in [5.74, 6) is 2.89. The Kier molecular flexibility index (Phi) is 5.71. The van der Waals surface area contributed by atoms with Gasteiger partial charge in [-0.2, -0.15) is 5.26 Å². The third-order valence-corrected chi connectivity index (χ3v) is 4.73. The molecule has 2 aromatic rings. The summed E-state index contributed by atoms with van der Waals surface area (Å²) in [6.07, 6.45) is 0. The molecular weight excluding hydrogens is 465 g/mol. The molecule has 0 amide bonds. The van der Waals surface area contributed by atoms with Crippen molar-refractivity contribution in [2.24, 2.45) is 0 Å². The third kappa shape index (κ3) is 3.28. The largest absolute Gasteiger partial charge is 0.317 e. The van der Waals surface area contributed by atoms with E-state index in [0.717, 1.165) is 0 Å². The molecule has 2 nitrogen and oxygen atoms in total. The van der Waals surface area contributed by atoms with Crippen LogP contribution < -0.4 is 0 Å². The highest BCUT2D eigenvalue weighted by atomic mass is 127. The van der Waals surface area contributed by atoms with Crippen molar-refractivity contribution in [1.82, 2.24) is 4.57 Å². The Morgan fingerprint density at radius 3 is 2.43 bits per heavy atom. The predicted molar refractivity (Wildman–Crippen MR) is 96.4 cm³/mol. The smallest absolute Gasteiger partial charge is 0.130 e. The molecule has 2 rings (SSSR count). The molecule has 7 heteroatoms. The van der Waals surface area contributed by atoms with Crippen molar-refractivity contribution in [3.8, 4) is 27.2 Å². The van der Waals surface area contributed by atoms with Gasteiger partial charge in [0.2, 0.25) is 0 Å². The Morgan fingerprint density at radius 2 is 1.86 bits per heavy atom. The number of halogens is 5. The minimum Gasteiger partial charge on any atom is -0.317 e. The highest BCUT2D eigenvalue weighted by Gasteiger charge is 2.21. The normalized spacial score (nSPS) is 9.90. The molecule has 1 aromatic heterocycles. The first-order valence-corrected chi connectivity index (χ1v) is 8.11. The van der Waals surface area contributed by atoms with E-state index in [4.69, 9.17) is 46.4 Å². The zero-order chi connectivity index (χ0) is 15.6. The number of rotatable bonds is 2. The van der Waals surface area contributed by atoms with E-state index < -0.39 is 0 Å². The van der Waals surface area contributed by atoms with Crippen LogP contribution in [0.15, 0.2) is 18.2 Å². The average molecular weight is 470 g/mol. The van der Waals surface area contributed by atoms with E-state index >= 15 is 0 Å². The van der Waals surface area contributed by atoms with Crippen molar-refractivity contribution in [2.75, 3.05) is 0 Å². The van der Waals surface area contributed by atoms with Crippen LogP contribution in [0, 0.1) is 21.2 Å². The third-order valence-electron chi connectivity index (χ3n) is 2.75. The molecule has 0 aliphatic heterocycles. The van der Waals surface area contributed by atoms with E-state index in [2.05, 4.69) is 15.9 Å². The fraction of sp³-hybridized carbons (Fsp3) is 0.0714. The van der Waals surface area contributed by atoms with Crippen LogP contribution >= 0.6 is 69.0 Å². The number of hydrogen-bond donors (Lipinski definition) is 0. The predicted octanol–water partition coefficient (Wildman–Crippen LogP) is 6.04. The molecule has 106 valence electrons. The van der Waals surface area contributed by atoms with Crippen molar-refractivity contribution in [3.63, 3.8) is 0 Å². The fourth-order valence-corrected chi connectivity index (χ4v) is 2.80. The molecule has 0 atom stereocenters. The van der Waals surface area contributed by atoms with E-state index in [9.17, 15) is 5.26 Å². The lowest BCUT2D eigenvalue weighted by atomic mass is 10.1. The Bertz CT molecular complexity index is 809. The monoisotopic (exact) mass is 468 g/mol. The van der Waals surface area contributed by atoms with E-state index in [1.807, 2.05) is 22.6 Å². The lowest BCUT2D eigenvalue weighted by Gasteiger charge is -2.09. The summed E-state index contributed by atoms with van der Waals surface area (Å²) in [6, 6.07) is 7.15. The molecule has 1 heterocycles. The van der Waals surface area contributed by atoms with Gasteiger partial charge in [0.1, 0.15) is 11.2 Å². The summed E-state index contributed by atoms with van der Waals surface area (Å²) in [5.41, 5.74) is 1.56. The lowest BCUT2D eigenvalue weighted by Crippen LogP contribution is -1.99. The second-order valence-corrected chi connectivity index (χ2v) is 6.02. The minimum atomic E-state index is 0.204. The maximum absolute atomic E-state index is 9.34. The second kappa shape index (κ2) is 7.13. The summed E-state index contributed by atoms with van der Waals surface area (Å²) in [5, 5.41) is 10.6. The molecule has 0 radical (unpaired) electrons. The Morgan fingerprint density at radius 1 is 1.14 bits per heavy atom. The molecule has 0 aliphatic rings. The van der Waals surface area contributed by atoms with Crippen molar-refractivity contribution in [3.05, 3.63) is 44.0 Å². The van der Waals surface area contributed by atoms with Gasteiger partial charge in [-0.05, 0) is 16.1 Å². The van der Waals surface area contributed by atoms with Crippen molar-refractivity contribution in [1.29, 1.82) is 5.26 Å². The van der Waals surface area contributed by atoms with Crippen molar-refractivity contribution < 1.29 is 0 Å². The summed E-state index contributed by atoms with van der Waals surface area (Å²) in [6.45, 7) is 0.318. The maximum Gasteiger partial charge on any atom is 0.130 e. The summed E-state index contributed by atoms with van der Waals surface area (Å²) < 4.78 is 4.43. The van der Waals surface area contributed by atoms with Crippen LogP contribution in [-0.4, -0.2) is 4.57 Å². The zero-order valence-corrected chi connectivity index (χ0v) is 15.4. The molecule has 0 saturated heterocycles. The Balaban J connectivity index is 2.75. The van der Waals surface area contributed by atoms with E-state index in [1.54, 1.807) is 22.8 Å². The topological polar surface area (TPSA) is 28.7 Å². The first-order valence-electron chi connectivity index (χ1n) is 5.52. The van der Waals surface area contributed by atoms with E-state index in [0.29, 0.717) is 27.8 Å². The molecule has 0 bridgehead atoms. The number of benzene rings is 1. The van der Waals surface area contributed by atoms with Crippen molar-refractivity contribution >= 4 is 69.0 Å². The SMILES string of the molecule is N#Cc1c(Cl)c(Cl)n(CC#CI)c1-c1ccc(Cl)c(Cl)c1. The van der Waals surface area contributed by atoms with Gasteiger partial charge in [0.15, 0.2) is 0 Å². The van der Waals surface area contributed by atoms with E-state index in [-0.39, 0.29) is 15.7 Å². The number of nitriles is 1. The van der Waals surface area contributed by atoms with Gasteiger partial charge >= 0.3 is 0 Å². The fourth-order valence-electron chi connectivity index (χ4n) is 1.86. The van der Waals surface area contributed by atoms with Gasteiger partial charge in [0.25, 0.3) is 0 Å². The average Bonchev–Trinajstić information content (AvgIpc) is 2.71. The van der Waals surface area contributed by atoms with Crippen LogP contribution in [0.2, 0.25) is 20.2 Å². The number of aromatic nitrogens is 1. The Labute approximate surface area is 155 Å². The quantitative estimate of drug-likeness (QED) is 0.389. The Hall–Kier alpha value is -0.560. The molecule has 0 spiro atoms. The van der Waals surface area contributed by atoms with Crippen LogP contribution in [0.5, 0.6) is 0 Å². The molecule has 0 unspecified atom stereocenters. The minimum absolute atomic E-state index is 0.204. The highest BCUT2D eigenvalue weighted by Crippen LogP contribution is 2.39. The number of hydrogen-bond acceptors (Lipinski definition) is 1. The highest BCUT2D eigenvalue weighted by molar-refractivity contribution is 14.1. The van der Waals surface area contributed by atoms with E-state index in [1.165, 1.54) is 0 Å². The van der Waals surface area contributed by atoms with Gasteiger partial charge in [-0.25, -0.2) is 0 Å². The summed E-state index contributed by atoms with van der Waals surface area (Å²) >= 11 is 26.2. The number of nitrogens with zero attached hydrogens (tertiary/aromatic N) is 2. The maximum atomic E-state index is 9.34.